The zero-order chi connectivity index (χ0) is 14.1. The van der Waals surface area contributed by atoms with Gasteiger partial charge in [0, 0.05) is 31.5 Å². The molecule has 1 heterocycles. The van der Waals surface area contributed by atoms with E-state index in [1.807, 2.05) is 4.90 Å². The molecule has 1 aromatic rings. The highest BCUT2D eigenvalue weighted by Gasteiger charge is 2.39. The van der Waals surface area contributed by atoms with Crippen LogP contribution in [0.2, 0.25) is 0 Å². The van der Waals surface area contributed by atoms with Crippen molar-refractivity contribution in [1.29, 1.82) is 0 Å². The van der Waals surface area contributed by atoms with E-state index in [1.54, 1.807) is 12.1 Å². The zero-order valence-corrected chi connectivity index (χ0v) is 11.1. The summed E-state index contributed by atoms with van der Waals surface area (Å²) in [6, 6.07) is 6.33. The average Bonchev–Trinajstić information content (AvgIpc) is 3.20. The topological polar surface area (TPSA) is 49.4 Å². The summed E-state index contributed by atoms with van der Waals surface area (Å²) in [6.45, 7) is 1.13. The van der Waals surface area contributed by atoms with Crippen molar-refractivity contribution in [2.45, 2.75) is 25.3 Å². The van der Waals surface area contributed by atoms with Gasteiger partial charge in [0.2, 0.25) is 5.91 Å². The number of carbonyl (C=O) groups is 2. The first-order valence-electron chi connectivity index (χ1n) is 6.97. The van der Waals surface area contributed by atoms with E-state index in [2.05, 4.69) is 5.32 Å². The highest BCUT2D eigenvalue weighted by molar-refractivity contribution is 5.94. The van der Waals surface area contributed by atoms with Crippen LogP contribution < -0.4 is 5.32 Å². The Morgan fingerprint density at radius 3 is 2.80 bits per heavy atom. The van der Waals surface area contributed by atoms with Gasteiger partial charge >= 0.3 is 0 Å². The summed E-state index contributed by atoms with van der Waals surface area (Å²) in [5.41, 5.74) is 0.0517. The van der Waals surface area contributed by atoms with Gasteiger partial charge in [-0.3, -0.25) is 9.59 Å². The number of halogens is 1. The maximum atomic E-state index is 13.5. The Bertz CT molecular complexity index is 542. The third-order valence-corrected chi connectivity index (χ3v) is 3.90. The molecule has 2 amide bonds. The standard InChI is InChI=1S/C15H17FN2O2/c16-13-4-2-1-3-12(13)15(20)17-8-10-7-14(19)18(9-10)11-5-6-11/h1-4,10-11H,5-9H2,(H,17,20). The Morgan fingerprint density at radius 1 is 1.35 bits per heavy atom. The summed E-state index contributed by atoms with van der Waals surface area (Å²) < 4.78 is 13.5. The summed E-state index contributed by atoms with van der Waals surface area (Å²) in [6.07, 6.45) is 2.67. The molecule has 1 unspecified atom stereocenters. The lowest BCUT2D eigenvalue weighted by atomic mass is 10.1. The van der Waals surface area contributed by atoms with Gasteiger partial charge in [0.05, 0.1) is 5.56 Å². The molecule has 20 heavy (non-hydrogen) atoms. The highest BCUT2D eigenvalue weighted by atomic mass is 19.1. The van der Waals surface area contributed by atoms with Crippen molar-refractivity contribution in [3.8, 4) is 0 Å². The Labute approximate surface area is 117 Å². The first-order valence-corrected chi connectivity index (χ1v) is 6.97. The second-order valence-corrected chi connectivity index (χ2v) is 5.54. The van der Waals surface area contributed by atoms with E-state index >= 15 is 0 Å². The molecule has 1 aliphatic heterocycles. The van der Waals surface area contributed by atoms with E-state index in [0.29, 0.717) is 25.6 Å². The summed E-state index contributed by atoms with van der Waals surface area (Å²) in [7, 11) is 0. The van der Waals surface area contributed by atoms with Gasteiger partial charge in [-0.05, 0) is 25.0 Å². The molecular formula is C15H17FN2O2. The van der Waals surface area contributed by atoms with Crippen LogP contribution in [0.25, 0.3) is 0 Å². The third-order valence-electron chi connectivity index (χ3n) is 3.90. The summed E-state index contributed by atoms with van der Waals surface area (Å²) in [5.74, 6) is -0.621. The Morgan fingerprint density at radius 2 is 2.10 bits per heavy atom. The number of nitrogens with one attached hydrogen (secondary N) is 1. The second-order valence-electron chi connectivity index (χ2n) is 5.54. The molecule has 3 rings (SSSR count). The molecule has 0 bridgehead atoms. The van der Waals surface area contributed by atoms with E-state index in [4.69, 9.17) is 0 Å². The van der Waals surface area contributed by atoms with Crippen molar-refractivity contribution < 1.29 is 14.0 Å². The molecule has 1 aliphatic carbocycles. The molecule has 0 spiro atoms. The van der Waals surface area contributed by atoms with Crippen molar-refractivity contribution in [3.63, 3.8) is 0 Å². The first kappa shape index (κ1) is 13.1. The van der Waals surface area contributed by atoms with Crippen LogP contribution in [0.1, 0.15) is 29.6 Å². The molecule has 1 aromatic carbocycles. The SMILES string of the molecule is O=C(NCC1CC(=O)N(C2CC2)C1)c1ccccc1F. The number of rotatable bonds is 4. The third kappa shape index (κ3) is 2.66. The quantitative estimate of drug-likeness (QED) is 0.907. The van der Waals surface area contributed by atoms with Gasteiger partial charge in [0.25, 0.3) is 5.91 Å². The fourth-order valence-corrected chi connectivity index (χ4v) is 2.66. The Hall–Kier alpha value is -1.91. The van der Waals surface area contributed by atoms with Crippen molar-refractivity contribution in [1.82, 2.24) is 10.2 Å². The predicted molar refractivity (Wildman–Crippen MR) is 71.6 cm³/mol. The lowest BCUT2D eigenvalue weighted by Crippen LogP contribution is -2.32. The van der Waals surface area contributed by atoms with Gasteiger partial charge in [0.15, 0.2) is 0 Å². The van der Waals surface area contributed by atoms with Crippen LogP contribution in [0.4, 0.5) is 4.39 Å². The maximum absolute atomic E-state index is 13.5. The van der Waals surface area contributed by atoms with Gasteiger partial charge < -0.3 is 10.2 Å². The minimum Gasteiger partial charge on any atom is -0.352 e. The number of benzene rings is 1. The van der Waals surface area contributed by atoms with Gasteiger partial charge in [-0.15, -0.1) is 0 Å². The van der Waals surface area contributed by atoms with E-state index in [9.17, 15) is 14.0 Å². The molecule has 2 fully saturated rings. The van der Waals surface area contributed by atoms with Crippen molar-refractivity contribution in [3.05, 3.63) is 35.6 Å². The Balaban J connectivity index is 1.54. The van der Waals surface area contributed by atoms with Gasteiger partial charge in [-0.25, -0.2) is 4.39 Å². The highest BCUT2D eigenvalue weighted by Crippen LogP contribution is 2.32. The number of amides is 2. The number of hydrogen-bond acceptors (Lipinski definition) is 2. The van der Waals surface area contributed by atoms with Crippen LogP contribution in [0.5, 0.6) is 0 Å². The molecule has 2 aliphatic rings. The van der Waals surface area contributed by atoms with Crippen LogP contribution in [0.3, 0.4) is 0 Å². The van der Waals surface area contributed by atoms with E-state index in [0.717, 1.165) is 12.8 Å². The maximum Gasteiger partial charge on any atom is 0.254 e. The van der Waals surface area contributed by atoms with Crippen LogP contribution in [0.15, 0.2) is 24.3 Å². The lowest BCUT2D eigenvalue weighted by Gasteiger charge is -2.15. The molecule has 1 saturated heterocycles. The van der Waals surface area contributed by atoms with Crippen molar-refractivity contribution in [2.75, 3.05) is 13.1 Å². The zero-order valence-electron chi connectivity index (χ0n) is 11.1. The molecule has 1 N–H and O–H groups in total. The van der Waals surface area contributed by atoms with Gasteiger partial charge in [0.1, 0.15) is 5.82 Å². The second kappa shape index (κ2) is 5.23. The normalized spacial score (nSPS) is 22.1. The largest absolute Gasteiger partial charge is 0.352 e. The molecule has 106 valence electrons. The Kier molecular flexibility index (Phi) is 3.42. The smallest absolute Gasteiger partial charge is 0.254 e. The van der Waals surface area contributed by atoms with Crippen LogP contribution in [-0.2, 0) is 4.79 Å². The molecule has 1 saturated carbocycles. The number of nitrogens with zero attached hydrogens (tertiary/aromatic N) is 1. The van der Waals surface area contributed by atoms with Crippen LogP contribution >= 0.6 is 0 Å². The number of likely N-dealkylation sites (tertiary alicyclic amines) is 1. The molecule has 4 nitrogen and oxygen atoms in total. The van der Waals surface area contributed by atoms with Crippen molar-refractivity contribution in [2.24, 2.45) is 5.92 Å². The predicted octanol–water partition coefficient (Wildman–Crippen LogP) is 1.57. The summed E-state index contributed by atoms with van der Waals surface area (Å²) in [4.78, 5) is 25.6. The van der Waals surface area contributed by atoms with Crippen LogP contribution in [0, 0.1) is 11.7 Å². The van der Waals surface area contributed by atoms with E-state index < -0.39 is 11.7 Å². The minimum absolute atomic E-state index is 0.0517. The fraction of sp³-hybridized carbons (Fsp3) is 0.467. The number of carbonyl (C=O) groups excluding carboxylic acids is 2. The monoisotopic (exact) mass is 276 g/mol. The molecular weight excluding hydrogens is 259 g/mol. The lowest BCUT2D eigenvalue weighted by molar-refractivity contribution is -0.128. The van der Waals surface area contributed by atoms with Gasteiger partial charge in [-0.1, -0.05) is 12.1 Å². The molecule has 5 heteroatoms. The average molecular weight is 276 g/mol. The molecule has 0 aromatic heterocycles. The minimum atomic E-state index is -0.521. The molecule has 1 atom stereocenters. The van der Waals surface area contributed by atoms with Crippen LogP contribution in [-0.4, -0.2) is 35.8 Å². The van der Waals surface area contributed by atoms with Gasteiger partial charge in [-0.2, -0.15) is 0 Å². The summed E-state index contributed by atoms with van der Waals surface area (Å²) >= 11 is 0. The van der Waals surface area contributed by atoms with E-state index in [-0.39, 0.29) is 17.4 Å². The van der Waals surface area contributed by atoms with E-state index in [1.165, 1.54) is 12.1 Å². The summed E-state index contributed by atoms with van der Waals surface area (Å²) in [5, 5.41) is 2.72. The number of hydrogen-bond donors (Lipinski definition) is 1. The first-order chi connectivity index (χ1) is 9.65. The molecule has 0 radical (unpaired) electrons. The fourth-order valence-electron chi connectivity index (χ4n) is 2.66. The van der Waals surface area contributed by atoms with Crippen molar-refractivity contribution >= 4 is 11.8 Å².